The zero-order valence-corrected chi connectivity index (χ0v) is 19.2. The number of hydrogen-bond acceptors (Lipinski definition) is 0. The second-order valence-electron chi connectivity index (χ2n) is 8.44. The molecule has 0 fully saturated rings. The molecule has 0 bridgehead atoms. The van der Waals surface area contributed by atoms with E-state index in [-0.39, 0.29) is 12.2 Å². The van der Waals surface area contributed by atoms with Crippen molar-refractivity contribution >= 4 is 6.08 Å². The predicted octanol–water partition coefficient (Wildman–Crippen LogP) is 9.00. The van der Waals surface area contributed by atoms with Gasteiger partial charge in [0.2, 0.25) is 0 Å². The van der Waals surface area contributed by atoms with E-state index in [1.807, 2.05) is 24.3 Å². The van der Waals surface area contributed by atoms with Gasteiger partial charge in [0.1, 0.15) is 23.3 Å². The molecule has 0 atom stereocenters. The van der Waals surface area contributed by atoms with E-state index >= 15 is 0 Å². The van der Waals surface area contributed by atoms with Gasteiger partial charge in [0.25, 0.3) is 0 Å². The highest BCUT2D eigenvalue weighted by molar-refractivity contribution is 5.68. The zero-order valence-electron chi connectivity index (χ0n) is 19.2. The van der Waals surface area contributed by atoms with Gasteiger partial charge in [-0.15, -0.1) is 0 Å². The Hall–Kier alpha value is -3.09. The lowest BCUT2D eigenvalue weighted by Crippen LogP contribution is -2.02. The van der Waals surface area contributed by atoms with Crippen LogP contribution >= 0.6 is 0 Å². The number of hydrogen-bond donors (Lipinski definition) is 0. The summed E-state index contributed by atoms with van der Waals surface area (Å²) in [6.07, 6.45) is 0.527. The summed E-state index contributed by atoms with van der Waals surface area (Å²) in [5, 5.41) is 0. The molecule has 0 aromatic heterocycles. The molecule has 0 nitrogen and oxygen atoms in total. The van der Waals surface area contributed by atoms with Crippen LogP contribution in [-0.4, -0.2) is 6.18 Å². The van der Waals surface area contributed by atoms with Crippen molar-refractivity contribution in [1.29, 1.82) is 0 Å². The van der Waals surface area contributed by atoms with E-state index in [9.17, 15) is 30.7 Å². The minimum Gasteiger partial charge on any atom is -0.206 e. The SMILES string of the molecule is CCCCCc1ccc(CCc2cc(F)c(-c3cc(F)c(/C=C/C(F)(F)F)c(F)c3)c(F)c2)cc1. The Bertz CT molecular complexity index is 1130. The highest BCUT2D eigenvalue weighted by Crippen LogP contribution is 2.31. The largest absolute Gasteiger partial charge is 0.409 e. The van der Waals surface area contributed by atoms with Crippen molar-refractivity contribution in [3.05, 3.63) is 100 Å². The Balaban J connectivity index is 1.75. The summed E-state index contributed by atoms with van der Waals surface area (Å²) in [5.41, 5.74) is 0.601. The Morgan fingerprint density at radius 2 is 1.17 bits per heavy atom. The van der Waals surface area contributed by atoms with Gasteiger partial charge in [-0.2, -0.15) is 13.2 Å². The van der Waals surface area contributed by atoms with Gasteiger partial charge in [0, 0.05) is 11.6 Å². The number of alkyl halides is 3. The van der Waals surface area contributed by atoms with Crippen LogP contribution in [0.1, 0.15) is 48.4 Å². The van der Waals surface area contributed by atoms with E-state index in [1.54, 1.807) is 0 Å². The first-order chi connectivity index (χ1) is 16.6. The summed E-state index contributed by atoms with van der Waals surface area (Å²) in [7, 11) is 0. The average Bonchev–Trinajstić information content (AvgIpc) is 2.77. The number of rotatable bonds is 9. The zero-order chi connectivity index (χ0) is 25.6. The molecule has 7 heteroatoms. The molecule has 0 aliphatic rings. The molecule has 0 radical (unpaired) electrons. The summed E-state index contributed by atoms with van der Waals surface area (Å²) in [5.74, 6) is -4.74. The van der Waals surface area contributed by atoms with Gasteiger partial charge in [-0.25, -0.2) is 17.6 Å². The van der Waals surface area contributed by atoms with Gasteiger partial charge in [-0.1, -0.05) is 44.0 Å². The normalized spacial score (nSPS) is 12.0. The lowest BCUT2D eigenvalue weighted by Gasteiger charge is -2.11. The molecular weight excluding hydrogens is 469 g/mol. The van der Waals surface area contributed by atoms with E-state index in [1.165, 1.54) is 12.0 Å². The van der Waals surface area contributed by atoms with Gasteiger partial charge < -0.3 is 0 Å². The van der Waals surface area contributed by atoms with Crippen molar-refractivity contribution < 1.29 is 30.7 Å². The van der Waals surface area contributed by atoms with Gasteiger partial charge in [0.05, 0.1) is 5.56 Å². The molecule has 0 saturated heterocycles. The molecule has 3 rings (SSSR count). The quantitative estimate of drug-likeness (QED) is 0.206. The topological polar surface area (TPSA) is 0 Å². The molecule has 0 aliphatic carbocycles. The van der Waals surface area contributed by atoms with Crippen molar-refractivity contribution in [3.8, 4) is 11.1 Å². The van der Waals surface area contributed by atoms with Crippen LogP contribution in [0.5, 0.6) is 0 Å². The Labute approximate surface area is 200 Å². The Kier molecular flexibility index (Phi) is 8.76. The molecule has 0 unspecified atom stereocenters. The maximum Gasteiger partial charge on any atom is 0.409 e. The molecular formula is C28H25F7. The summed E-state index contributed by atoms with van der Waals surface area (Å²) in [4.78, 5) is 0. The van der Waals surface area contributed by atoms with Crippen molar-refractivity contribution in [1.82, 2.24) is 0 Å². The monoisotopic (exact) mass is 494 g/mol. The van der Waals surface area contributed by atoms with Crippen molar-refractivity contribution in [2.75, 3.05) is 0 Å². The maximum atomic E-state index is 14.7. The van der Waals surface area contributed by atoms with E-state index in [2.05, 4.69) is 6.92 Å². The third kappa shape index (κ3) is 7.44. The maximum absolute atomic E-state index is 14.7. The van der Waals surface area contributed by atoms with Crippen molar-refractivity contribution in [2.24, 2.45) is 0 Å². The molecule has 0 aliphatic heterocycles. The fourth-order valence-electron chi connectivity index (χ4n) is 3.85. The third-order valence-electron chi connectivity index (χ3n) is 5.70. The van der Waals surface area contributed by atoms with Crippen LogP contribution in [0.25, 0.3) is 17.2 Å². The van der Waals surface area contributed by atoms with Crippen LogP contribution in [0.2, 0.25) is 0 Å². The van der Waals surface area contributed by atoms with Crippen LogP contribution in [0, 0.1) is 23.3 Å². The van der Waals surface area contributed by atoms with Gasteiger partial charge >= 0.3 is 6.18 Å². The van der Waals surface area contributed by atoms with Crippen LogP contribution in [0.3, 0.4) is 0 Å². The van der Waals surface area contributed by atoms with Gasteiger partial charge in [0.15, 0.2) is 0 Å². The van der Waals surface area contributed by atoms with Crippen LogP contribution in [0.15, 0.2) is 54.6 Å². The number of aryl methyl sites for hydroxylation is 3. The first-order valence-corrected chi connectivity index (χ1v) is 11.4. The van der Waals surface area contributed by atoms with Crippen LogP contribution in [-0.2, 0) is 19.3 Å². The lowest BCUT2D eigenvalue weighted by molar-refractivity contribution is -0.0790. The first-order valence-electron chi connectivity index (χ1n) is 11.4. The van der Waals surface area contributed by atoms with E-state index in [4.69, 9.17) is 0 Å². The molecule has 0 N–H and O–H groups in total. The lowest BCUT2D eigenvalue weighted by atomic mass is 9.97. The third-order valence-corrected chi connectivity index (χ3v) is 5.70. The highest BCUT2D eigenvalue weighted by atomic mass is 19.4. The van der Waals surface area contributed by atoms with Crippen LogP contribution in [0.4, 0.5) is 30.7 Å². The molecule has 0 saturated carbocycles. The average molecular weight is 494 g/mol. The predicted molar refractivity (Wildman–Crippen MR) is 124 cm³/mol. The highest BCUT2D eigenvalue weighted by Gasteiger charge is 2.23. The molecule has 0 amide bonds. The van der Waals surface area contributed by atoms with Gasteiger partial charge in [-0.3, -0.25) is 0 Å². The van der Waals surface area contributed by atoms with E-state index in [0.717, 1.165) is 37.0 Å². The molecule has 35 heavy (non-hydrogen) atoms. The summed E-state index contributed by atoms with van der Waals surface area (Å²) >= 11 is 0. The summed E-state index contributed by atoms with van der Waals surface area (Å²) in [6.45, 7) is 2.15. The fraction of sp³-hybridized carbons (Fsp3) is 0.286. The number of allylic oxidation sites excluding steroid dienone is 1. The standard InChI is InChI=1S/C28H25F7/c1-2-3-4-5-18-6-8-19(9-7-18)10-11-20-14-25(31)27(26(32)15-20)21-16-23(29)22(24(30)17-21)12-13-28(33,34)35/h6-9,12-17H,2-5,10-11H2,1H3/b13-12+. The molecule has 3 aromatic rings. The van der Waals surface area contributed by atoms with E-state index < -0.39 is 46.1 Å². The van der Waals surface area contributed by atoms with Gasteiger partial charge in [-0.05, 0) is 78.3 Å². The van der Waals surface area contributed by atoms with E-state index in [0.29, 0.717) is 30.5 Å². The molecule has 186 valence electrons. The first kappa shape index (κ1) is 26.5. The fourth-order valence-corrected chi connectivity index (χ4v) is 3.85. The Morgan fingerprint density at radius 1 is 0.657 bits per heavy atom. The molecule has 0 heterocycles. The van der Waals surface area contributed by atoms with Crippen molar-refractivity contribution in [3.63, 3.8) is 0 Å². The second kappa shape index (κ2) is 11.6. The van der Waals surface area contributed by atoms with Crippen LogP contribution < -0.4 is 0 Å². The number of unbranched alkanes of at least 4 members (excludes halogenated alkanes) is 2. The Morgan fingerprint density at radius 3 is 1.69 bits per heavy atom. The number of benzene rings is 3. The smallest absolute Gasteiger partial charge is 0.206 e. The minimum absolute atomic E-state index is 0.238. The van der Waals surface area contributed by atoms with Crippen molar-refractivity contribution in [2.45, 2.75) is 51.6 Å². The minimum atomic E-state index is -4.76. The summed E-state index contributed by atoms with van der Waals surface area (Å²) < 4.78 is 94.9. The number of halogens is 7. The second-order valence-corrected chi connectivity index (χ2v) is 8.44. The summed E-state index contributed by atoms with van der Waals surface area (Å²) in [6, 6.07) is 11.5. The molecule has 0 spiro atoms. The molecule has 3 aromatic carbocycles.